The monoisotopic (exact) mass is 392 g/mol. The first-order chi connectivity index (χ1) is 13.0. The summed E-state index contributed by atoms with van der Waals surface area (Å²) >= 11 is 1.58. The lowest BCUT2D eigenvalue weighted by atomic mass is 10.1. The topological polar surface area (TPSA) is 94.5 Å². The fourth-order valence-corrected chi connectivity index (χ4v) is 2.81. The second kappa shape index (κ2) is 9.86. The number of nitrogens with zero attached hydrogens (tertiary/aromatic N) is 2. The quantitative estimate of drug-likeness (QED) is 0.678. The third-order valence-electron chi connectivity index (χ3n) is 3.88. The number of ether oxygens (including phenoxy) is 2. The van der Waals surface area contributed by atoms with Gasteiger partial charge in [0.15, 0.2) is 11.5 Å². The van der Waals surface area contributed by atoms with Crippen molar-refractivity contribution < 1.29 is 19.1 Å². The van der Waals surface area contributed by atoms with Crippen LogP contribution in [0.4, 0.5) is 5.69 Å². The van der Waals surface area contributed by atoms with Gasteiger partial charge < -0.3 is 24.7 Å². The summed E-state index contributed by atoms with van der Waals surface area (Å²) in [6.45, 7) is 0.284. The second-order valence-electron chi connectivity index (χ2n) is 5.69. The Morgan fingerprint density at radius 1 is 1.26 bits per heavy atom. The maximum atomic E-state index is 12.6. The molecule has 0 spiro atoms. The van der Waals surface area contributed by atoms with Gasteiger partial charge in [0, 0.05) is 37.2 Å². The molecule has 1 aromatic carbocycles. The first-order valence-corrected chi connectivity index (χ1v) is 9.68. The van der Waals surface area contributed by atoms with Gasteiger partial charge in [0.25, 0.3) is 5.91 Å². The highest BCUT2D eigenvalue weighted by Crippen LogP contribution is 2.36. The third-order valence-corrected chi connectivity index (χ3v) is 4.49. The van der Waals surface area contributed by atoms with Crippen LogP contribution in [0.15, 0.2) is 24.5 Å². The Kier molecular flexibility index (Phi) is 7.54. The number of amides is 2. The van der Waals surface area contributed by atoms with Crippen LogP contribution in [0.1, 0.15) is 22.6 Å². The van der Waals surface area contributed by atoms with E-state index in [4.69, 9.17) is 9.47 Å². The molecular weight excluding hydrogens is 368 g/mol. The average molecular weight is 392 g/mol. The highest BCUT2D eigenvalue weighted by molar-refractivity contribution is 7.98. The zero-order chi connectivity index (χ0) is 19.8. The van der Waals surface area contributed by atoms with Crippen molar-refractivity contribution in [1.29, 1.82) is 0 Å². The summed E-state index contributed by atoms with van der Waals surface area (Å²) in [5.41, 5.74) is 0.743. The molecule has 2 rings (SSSR count). The Morgan fingerprint density at radius 3 is 2.63 bits per heavy atom. The first-order valence-electron chi connectivity index (χ1n) is 8.29. The molecule has 0 saturated carbocycles. The minimum absolute atomic E-state index is 0.157. The SMILES string of the molecule is COc1cc(C(=O)NCc2nccn2C)cc(NC(=O)CCSC)c1OC. The number of carbonyl (C=O) groups is 2. The number of rotatable bonds is 9. The Morgan fingerprint density at radius 2 is 2.04 bits per heavy atom. The highest BCUT2D eigenvalue weighted by Gasteiger charge is 2.18. The van der Waals surface area contributed by atoms with Gasteiger partial charge in [0.05, 0.1) is 26.5 Å². The maximum Gasteiger partial charge on any atom is 0.251 e. The van der Waals surface area contributed by atoms with Crippen LogP contribution in [-0.4, -0.2) is 47.6 Å². The molecular formula is C18H24N4O4S. The van der Waals surface area contributed by atoms with Crippen molar-refractivity contribution in [2.75, 3.05) is 31.5 Å². The van der Waals surface area contributed by atoms with E-state index in [0.717, 1.165) is 5.82 Å². The Labute approximate surface area is 162 Å². The molecule has 8 nitrogen and oxygen atoms in total. The summed E-state index contributed by atoms with van der Waals surface area (Å²) in [6, 6.07) is 3.15. The zero-order valence-corrected chi connectivity index (χ0v) is 16.7. The molecule has 0 bridgehead atoms. The van der Waals surface area contributed by atoms with E-state index in [1.54, 1.807) is 36.3 Å². The van der Waals surface area contributed by atoms with Crippen LogP contribution in [0.2, 0.25) is 0 Å². The number of hydrogen-bond acceptors (Lipinski definition) is 6. The van der Waals surface area contributed by atoms with Crippen molar-refractivity contribution in [3.63, 3.8) is 0 Å². The summed E-state index contributed by atoms with van der Waals surface area (Å²) in [4.78, 5) is 28.8. The predicted molar refractivity (Wildman–Crippen MR) is 106 cm³/mol. The van der Waals surface area contributed by atoms with Crippen molar-refractivity contribution in [3.05, 3.63) is 35.9 Å². The Bertz CT molecular complexity index is 807. The molecule has 0 radical (unpaired) electrons. The third kappa shape index (κ3) is 5.40. The maximum absolute atomic E-state index is 12.6. The number of aromatic nitrogens is 2. The number of benzene rings is 1. The van der Waals surface area contributed by atoms with Crippen LogP contribution in [0.25, 0.3) is 0 Å². The molecule has 1 heterocycles. The van der Waals surface area contributed by atoms with E-state index in [-0.39, 0.29) is 18.4 Å². The van der Waals surface area contributed by atoms with Gasteiger partial charge in [-0.3, -0.25) is 9.59 Å². The first kappa shape index (κ1) is 20.6. The summed E-state index contributed by atoms with van der Waals surface area (Å²) in [5, 5.41) is 5.60. The standard InChI is InChI=1S/C18H24N4O4S/c1-22-7-6-19-15(22)11-20-18(24)12-9-13(21-16(23)5-8-27-4)17(26-3)14(10-12)25-2/h6-7,9-10H,5,8,11H2,1-4H3,(H,20,24)(H,21,23). The van der Waals surface area contributed by atoms with Gasteiger partial charge in [-0.15, -0.1) is 0 Å². The molecule has 0 atom stereocenters. The number of anilines is 1. The van der Waals surface area contributed by atoms with Crippen LogP contribution in [0.5, 0.6) is 11.5 Å². The molecule has 0 aliphatic heterocycles. The number of hydrogen-bond donors (Lipinski definition) is 2. The van der Waals surface area contributed by atoms with E-state index in [0.29, 0.717) is 34.9 Å². The molecule has 0 saturated heterocycles. The second-order valence-corrected chi connectivity index (χ2v) is 6.67. The van der Waals surface area contributed by atoms with Gasteiger partial charge >= 0.3 is 0 Å². The van der Waals surface area contributed by atoms with Crippen molar-refractivity contribution in [1.82, 2.24) is 14.9 Å². The molecule has 0 aliphatic rings. The minimum atomic E-state index is -0.307. The molecule has 27 heavy (non-hydrogen) atoms. The van der Waals surface area contributed by atoms with E-state index < -0.39 is 0 Å². The summed E-state index contributed by atoms with van der Waals surface area (Å²) < 4.78 is 12.5. The van der Waals surface area contributed by atoms with Crippen LogP contribution in [-0.2, 0) is 18.4 Å². The number of imidazole rings is 1. The number of methoxy groups -OCH3 is 2. The normalized spacial score (nSPS) is 10.4. The van der Waals surface area contributed by atoms with Crippen LogP contribution < -0.4 is 20.1 Å². The van der Waals surface area contributed by atoms with Gasteiger partial charge in [-0.05, 0) is 18.4 Å². The van der Waals surface area contributed by atoms with Crippen molar-refractivity contribution in [3.8, 4) is 11.5 Å². The molecule has 2 aromatic rings. The number of thioether (sulfide) groups is 1. The lowest BCUT2D eigenvalue weighted by Crippen LogP contribution is -2.24. The van der Waals surface area contributed by atoms with Crippen LogP contribution in [0.3, 0.4) is 0 Å². The lowest BCUT2D eigenvalue weighted by Gasteiger charge is -2.16. The van der Waals surface area contributed by atoms with Gasteiger partial charge in [-0.25, -0.2) is 4.98 Å². The molecule has 1 aromatic heterocycles. The van der Waals surface area contributed by atoms with Gasteiger partial charge in [0.2, 0.25) is 5.91 Å². The number of nitrogens with one attached hydrogen (secondary N) is 2. The van der Waals surface area contributed by atoms with Gasteiger partial charge in [0.1, 0.15) is 5.82 Å². The smallest absolute Gasteiger partial charge is 0.251 e. The van der Waals surface area contributed by atoms with E-state index in [1.807, 2.05) is 17.9 Å². The number of carbonyl (C=O) groups excluding carboxylic acids is 2. The molecule has 0 unspecified atom stereocenters. The molecule has 2 N–H and O–H groups in total. The average Bonchev–Trinajstić information content (AvgIpc) is 3.08. The zero-order valence-electron chi connectivity index (χ0n) is 15.9. The summed E-state index contributed by atoms with van der Waals surface area (Å²) in [5.74, 6) is 1.70. The van der Waals surface area contributed by atoms with E-state index >= 15 is 0 Å². The predicted octanol–water partition coefficient (Wildman–Crippen LogP) is 2.06. The van der Waals surface area contributed by atoms with E-state index in [1.165, 1.54) is 14.2 Å². The molecule has 0 aliphatic carbocycles. The number of aryl methyl sites for hydroxylation is 1. The fourth-order valence-electron chi connectivity index (χ4n) is 2.42. The van der Waals surface area contributed by atoms with E-state index in [9.17, 15) is 9.59 Å². The van der Waals surface area contributed by atoms with Gasteiger partial charge in [-0.2, -0.15) is 11.8 Å². The highest BCUT2D eigenvalue weighted by atomic mass is 32.2. The summed E-state index contributed by atoms with van der Waals surface area (Å²) in [7, 11) is 4.82. The van der Waals surface area contributed by atoms with Crippen molar-refractivity contribution in [2.24, 2.45) is 7.05 Å². The van der Waals surface area contributed by atoms with E-state index in [2.05, 4.69) is 15.6 Å². The molecule has 146 valence electrons. The van der Waals surface area contributed by atoms with Gasteiger partial charge in [-0.1, -0.05) is 0 Å². The lowest BCUT2D eigenvalue weighted by molar-refractivity contribution is -0.115. The van der Waals surface area contributed by atoms with Crippen molar-refractivity contribution >= 4 is 29.3 Å². The molecule has 2 amide bonds. The van der Waals surface area contributed by atoms with Crippen molar-refractivity contribution in [2.45, 2.75) is 13.0 Å². The van der Waals surface area contributed by atoms with Crippen LogP contribution in [0, 0.1) is 0 Å². The minimum Gasteiger partial charge on any atom is -0.493 e. The Hall–Kier alpha value is -2.68. The molecule has 0 fully saturated rings. The largest absolute Gasteiger partial charge is 0.493 e. The fraction of sp³-hybridized carbons (Fsp3) is 0.389. The van der Waals surface area contributed by atoms with Crippen LogP contribution >= 0.6 is 11.8 Å². The Balaban J connectivity index is 2.22. The summed E-state index contributed by atoms with van der Waals surface area (Å²) in [6.07, 6.45) is 5.77. The molecule has 9 heteroatoms.